The Hall–Kier alpha value is -3.92. The summed E-state index contributed by atoms with van der Waals surface area (Å²) in [6.07, 6.45) is 7.71. The molecule has 15 heteroatoms. The Labute approximate surface area is 247 Å². The largest absolute Gasteiger partial charge is 0.459 e. The van der Waals surface area contributed by atoms with E-state index in [1.165, 1.54) is 29.2 Å². The molecule has 0 spiro atoms. The van der Waals surface area contributed by atoms with E-state index >= 15 is 0 Å². The van der Waals surface area contributed by atoms with E-state index in [9.17, 15) is 9.59 Å². The highest BCUT2D eigenvalue weighted by Gasteiger charge is 2.28. The van der Waals surface area contributed by atoms with Gasteiger partial charge >= 0.3 is 0 Å². The molecule has 1 aliphatic carbocycles. The average molecular weight is 609 g/mol. The molecule has 13 nitrogen and oxygen atoms in total. The van der Waals surface area contributed by atoms with Crippen molar-refractivity contribution < 1.29 is 19.7 Å². The summed E-state index contributed by atoms with van der Waals surface area (Å²) >= 11 is 2.83. The van der Waals surface area contributed by atoms with Crippen molar-refractivity contribution in [2.45, 2.75) is 44.2 Å². The lowest BCUT2D eigenvalue weighted by molar-refractivity contribution is -0.427. The molecule has 1 amide bonds. The average Bonchev–Trinajstić information content (AvgIpc) is 3.75. The first-order valence-corrected chi connectivity index (χ1v) is 15.5. The van der Waals surface area contributed by atoms with Crippen LogP contribution in [0.25, 0.3) is 26.4 Å². The number of nitrogens with one attached hydrogen (secondary N) is 1. The fourth-order valence-electron chi connectivity index (χ4n) is 5.71. The lowest BCUT2D eigenvalue weighted by atomic mass is 9.91. The van der Waals surface area contributed by atoms with E-state index in [2.05, 4.69) is 30.5 Å². The van der Waals surface area contributed by atoms with Gasteiger partial charge in [0.25, 0.3) is 5.91 Å². The number of ether oxygens (including phenoxy) is 1. The van der Waals surface area contributed by atoms with E-state index in [0.717, 1.165) is 58.9 Å². The van der Waals surface area contributed by atoms with Crippen LogP contribution in [0.5, 0.6) is 0 Å². The van der Waals surface area contributed by atoms with Crippen LogP contribution in [0, 0.1) is 0 Å². The van der Waals surface area contributed by atoms with Gasteiger partial charge in [-0.2, -0.15) is 4.37 Å². The van der Waals surface area contributed by atoms with Crippen LogP contribution < -0.4 is 27.1 Å². The maximum atomic E-state index is 12.9. The van der Waals surface area contributed by atoms with Gasteiger partial charge in [-0.05, 0) is 30.4 Å². The first-order chi connectivity index (χ1) is 20.5. The van der Waals surface area contributed by atoms with Gasteiger partial charge in [0.15, 0.2) is 11.2 Å². The van der Waals surface area contributed by atoms with Crippen molar-refractivity contribution in [1.82, 2.24) is 24.0 Å². The van der Waals surface area contributed by atoms with Crippen LogP contribution in [-0.4, -0.2) is 68.2 Å². The summed E-state index contributed by atoms with van der Waals surface area (Å²) in [6.45, 7) is 2.73. The van der Waals surface area contributed by atoms with Gasteiger partial charge in [0.2, 0.25) is 11.4 Å². The third-order valence-electron chi connectivity index (χ3n) is 7.93. The number of carbonyl (C=O) groups excluding carboxylic acids is 1. The summed E-state index contributed by atoms with van der Waals surface area (Å²) in [5.74, 6) is -0.0845. The number of nitrogens with zero attached hydrogens (tertiary/aromatic N) is 6. The number of aromatic nitrogens is 5. The van der Waals surface area contributed by atoms with Gasteiger partial charge in [-0.25, -0.2) is 4.98 Å². The topological polar surface area (TPSA) is 181 Å². The molecular formula is C27H30N9O4S2+. The van der Waals surface area contributed by atoms with Crippen LogP contribution in [0.4, 0.5) is 10.9 Å². The number of rotatable bonds is 7. The molecule has 7 rings (SSSR count). The maximum absolute atomic E-state index is 12.9. The first kappa shape index (κ1) is 26.9. The highest BCUT2D eigenvalue weighted by Crippen LogP contribution is 2.38. The number of morpholine rings is 1. The molecular weight excluding hydrogens is 578 g/mol. The van der Waals surface area contributed by atoms with Crippen molar-refractivity contribution >= 4 is 55.7 Å². The SMILES string of the molecule is NC(=O)c1c(Cc2cc(-c3coc4c(=O)cc(N5CCOCC5)sc34)sn2)nc(N[C@H]2CCCC[C@H]2[NH3+])n2cnnc12. The van der Waals surface area contributed by atoms with E-state index in [1.54, 1.807) is 16.7 Å². The number of furan rings is 1. The molecule has 42 heavy (non-hydrogen) atoms. The van der Waals surface area contributed by atoms with Crippen molar-refractivity contribution in [3.05, 3.63) is 51.9 Å². The first-order valence-electron chi connectivity index (χ1n) is 13.9. The van der Waals surface area contributed by atoms with Crippen molar-refractivity contribution in [2.24, 2.45) is 5.73 Å². The molecule has 2 atom stereocenters. The van der Waals surface area contributed by atoms with E-state index in [4.69, 9.17) is 19.9 Å². The van der Waals surface area contributed by atoms with E-state index in [0.29, 0.717) is 41.8 Å². The fraction of sp³-hybridized carbons (Fsp3) is 0.407. The van der Waals surface area contributed by atoms with Gasteiger partial charge in [0, 0.05) is 37.6 Å². The number of amides is 1. The van der Waals surface area contributed by atoms with Crippen molar-refractivity contribution in [3.63, 3.8) is 0 Å². The van der Waals surface area contributed by atoms with Crippen LogP contribution >= 0.6 is 22.9 Å². The molecule has 0 unspecified atom stereocenters. The molecule has 0 bridgehead atoms. The van der Waals surface area contributed by atoms with E-state index in [1.807, 2.05) is 6.07 Å². The summed E-state index contributed by atoms with van der Waals surface area (Å²) in [4.78, 5) is 33.4. The summed E-state index contributed by atoms with van der Waals surface area (Å²) in [5, 5.41) is 12.6. The zero-order valence-electron chi connectivity index (χ0n) is 22.7. The normalized spacial score (nSPS) is 19.5. The number of quaternary nitrogens is 1. The molecule has 1 saturated heterocycles. The standard InChI is InChI=1S/C27H29N9O4S2/c28-16-3-1-2-4-17(16)31-27-32-18(22(25(29)38)26-33-30-13-36(26)27)9-14-10-20(42-34-14)15-12-40-23-19(37)11-21(41-24(15)23)35-5-7-39-8-6-35/h10-13,16-17H,1-9,28H2,(H2,29,38)(H,31,32)/p+1/t16-,17+/m1/s1. The van der Waals surface area contributed by atoms with E-state index < -0.39 is 5.91 Å². The second kappa shape index (κ2) is 11.1. The monoisotopic (exact) mass is 608 g/mol. The second-order valence-electron chi connectivity index (χ2n) is 10.7. The van der Waals surface area contributed by atoms with Crippen LogP contribution in [0.15, 0.2) is 33.9 Å². The van der Waals surface area contributed by atoms with Crippen molar-refractivity contribution in [2.75, 3.05) is 36.5 Å². The van der Waals surface area contributed by atoms with Gasteiger partial charge in [-0.15, -0.1) is 21.5 Å². The number of hydrogen-bond acceptors (Lipinski definition) is 12. The van der Waals surface area contributed by atoms with Gasteiger partial charge in [0.1, 0.15) is 24.2 Å². The number of primary amides is 1. The Morgan fingerprint density at radius 2 is 2.05 bits per heavy atom. The second-order valence-corrected chi connectivity index (χ2v) is 12.5. The molecule has 1 aliphatic heterocycles. The van der Waals surface area contributed by atoms with Crippen molar-refractivity contribution in [3.8, 4) is 10.4 Å². The fourth-order valence-corrected chi connectivity index (χ4v) is 7.74. The van der Waals surface area contributed by atoms with Crippen LogP contribution in [0.3, 0.4) is 0 Å². The number of hydrogen-bond donors (Lipinski definition) is 3. The van der Waals surface area contributed by atoms with Crippen LogP contribution in [0.1, 0.15) is 47.4 Å². The number of anilines is 2. The van der Waals surface area contributed by atoms with Gasteiger partial charge in [-0.1, -0.05) is 6.42 Å². The zero-order valence-corrected chi connectivity index (χ0v) is 24.4. The molecule has 218 valence electrons. The minimum absolute atomic E-state index is 0.152. The molecule has 5 aromatic rings. The molecule has 0 aromatic carbocycles. The lowest BCUT2D eigenvalue weighted by Crippen LogP contribution is -2.68. The predicted molar refractivity (Wildman–Crippen MR) is 159 cm³/mol. The molecule has 2 aliphatic rings. The van der Waals surface area contributed by atoms with Gasteiger partial charge in [0.05, 0.1) is 45.2 Å². The zero-order chi connectivity index (χ0) is 28.8. The minimum Gasteiger partial charge on any atom is -0.459 e. The third kappa shape index (κ3) is 4.91. The molecule has 6 heterocycles. The molecule has 2 fully saturated rings. The Morgan fingerprint density at radius 1 is 1.21 bits per heavy atom. The smallest absolute Gasteiger partial charge is 0.254 e. The number of nitrogens with two attached hydrogens (primary N) is 1. The van der Waals surface area contributed by atoms with Crippen LogP contribution in [-0.2, 0) is 11.2 Å². The summed E-state index contributed by atoms with van der Waals surface area (Å²) in [6, 6.07) is 3.97. The predicted octanol–water partition coefficient (Wildman–Crippen LogP) is 1.91. The van der Waals surface area contributed by atoms with Gasteiger partial charge < -0.3 is 30.8 Å². The molecule has 0 radical (unpaired) electrons. The Kier molecular flexibility index (Phi) is 7.09. The Morgan fingerprint density at radius 3 is 2.86 bits per heavy atom. The maximum Gasteiger partial charge on any atom is 0.254 e. The summed E-state index contributed by atoms with van der Waals surface area (Å²) in [5.41, 5.74) is 12.9. The molecule has 6 N–H and O–H groups in total. The molecule has 5 aromatic heterocycles. The number of fused-ring (bicyclic) bond motifs is 2. The summed E-state index contributed by atoms with van der Waals surface area (Å²) in [7, 11) is 0. The number of carbonyl (C=O) groups is 1. The molecule has 1 saturated carbocycles. The quantitative estimate of drug-likeness (QED) is 0.247. The Bertz CT molecular complexity index is 1840. The summed E-state index contributed by atoms with van der Waals surface area (Å²) < 4.78 is 18.3. The Balaban J connectivity index is 1.23. The highest BCUT2D eigenvalue weighted by atomic mass is 32.1. The van der Waals surface area contributed by atoms with E-state index in [-0.39, 0.29) is 29.5 Å². The minimum atomic E-state index is -0.633. The van der Waals surface area contributed by atoms with Crippen molar-refractivity contribution in [1.29, 1.82) is 0 Å². The van der Waals surface area contributed by atoms with Crippen LogP contribution in [0.2, 0.25) is 0 Å². The van der Waals surface area contributed by atoms with Gasteiger partial charge in [-0.3, -0.25) is 14.0 Å². The highest BCUT2D eigenvalue weighted by molar-refractivity contribution is 7.23. The lowest BCUT2D eigenvalue weighted by Gasteiger charge is -2.27. The third-order valence-corrected chi connectivity index (χ3v) is 9.98.